The van der Waals surface area contributed by atoms with Gasteiger partial charge >= 0.3 is 0 Å². The number of fused-ring (bicyclic) bond motifs is 2. The molecule has 4 rings (SSSR count). The van der Waals surface area contributed by atoms with Crippen molar-refractivity contribution in [1.82, 2.24) is 10.2 Å². The van der Waals surface area contributed by atoms with Gasteiger partial charge in [-0.15, -0.1) is 0 Å². The highest BCUT2D eigenvalue weighted by atomic mass is 16.1. The molecule has 160 valence electrons. The van der Waals surface area contributed by atoms with Gasteiger partial charge in [-0.25, -0.2) is 0 Å². The molecule has 0 bridgehead atoms. The molecule has 1 aromatic carbocycles. The second-order valence-electron chi connectivity index (χ2n) is 10.7. The minimum atomic E-state index is 0. The van der Waals surface area contributed by atoms with E-state index in [-0.39, 0.29) is 12.7 Å². The molecular weight excluding hydrogens is 356 g/mol. The molecule has 1 saturated heterocycles. The lowest BCUT2D eigenvalue weighted by molar-refractivity contribution is -0.116. The van der Waals surface area contributed by atoms with Gasteiger partial charge in [-0.1, -0.05) is 70.4 Å². The number of amides is 1. The predicted molar refractivity (Wildman–Crippen MR) is 123 cm³/mol. The summed E-state index contributed by atoms with van der Waals surface area (Å²) in [6.07, 6.45) is 11.9. The van der Waals surface area contributed by atoms with Crippen LogP contribution in [0.2, 0.25) is 0 Å². The van der Waals surface area contributed by atoms with Crippen LogP contribution >= 0.6 is 0 Å². The zero-order valence-corrected chi connectivity index (χ0v) is 18.6. The van der Waals surface area contributed by atoms with E-state index in [0.717, 1.165) is 44.3 Å². The summed E-state index contributed by atoms with van der Waals surface area (Å²) in [5, 5.41) is 3.35. The second kappa shape index (κ2) is 8.26. The van der Waals surface area contributed by atoms with Gasteiger partial charge in [0.2, 0.25) is 0 Å². The van der Waals surface area contributed by atoms with Gasteiger partial charge in [0.05, 0.1) is 0 Å². The molecule has 2 aliphatic carbocycles. The average Bonchev–Trinajstić information content (AvgIpc) is 3.02. The molecule has 0 radical (unpaired) electrons. The van der Waals surface area contributed by atoms with E-state index in [1.165, 1.54) is 43.4 Å². The molecule has 3 nitrogen and oxygen atoms in total. The van der Waals surface area contributed by atoms with Crippen LogP contribution in [0.1, 0.15) is 84.7 Å². The molecule has 0 aromatic heterocycles. The summed E-state index contributed by atoms with van der Waals surface area (Å²) in [6.45, 7) is 10.4. The fourth-order valence-electron chi connectivity index (χ4n) is 5.36. The highest BCUT2D eigenvalue weighted by Gasteiger charge is 2.42. The van der Waals surface area contributed by atoms with Gasteiger partial charge in [-0.05, 0) is 68.3 Å². The molecule has 1 heterocycles. The number of carbonyl (C=O) groups excluding carboxylic acids is 1. The second-order valence-corrected chi connectivity index (χ2v) is 10.7. The Morgan fingerprint density at radius 1 is 1.14 bits per heavy atom. The van der Waals surface area contributed by atoms with Crippen molar-refractivity contribution < 1.29 is 6.22 Å². The van der Waals surface area contributed by atoms with Crippen molar-refractivity contribution in [2.75, 3.05) is 19.6 Å². The molecule has 0 atom stereocenters. The first-order valence-electron chi connectivity index (χ1n) is 11.7. The van der Waals surface area contributed by atoms with Gasteiger partial charge in [0.15, 0.2) is 0 Å². The lowest BCUT2D eigenvalue weighted by atomic mass is 9.74. The van der Waals surface area contributed by atoms with Gasteiger partial charge < -0.3 is 10.2 Å². The van der Waals surface area contributed by atoms with Crippen LogP contribution in [0, 0.1) is 5.41 Å². The minimum absolute atomic E-state index is 0. The van der Waals surface area contributed by atoms with E-state index in [2.05, 4.69) is 61.3 Å². The van der Waals surface area contributed by atoms with Crippen molar-refractivity contribution in [3.63, 3.8) is 0 Å². The molecule has 2 fully saturated rings. The Morgan fingerprint density at radius 3 is 2.52 bits per heavy atom. The Hall–Kier alpha value is -1.61. The van der Waals surface area contributed by atoms with Gasteiger partial charge in [-0.2, -0.15) is 0 Å². The molecule has 1 amide bonds. The smallest absolute Gasteiger partial charge is 0.251 e. The lowest BCUT2D eigenvalue weighted by Gasteiger charge is -2.40. The van der Waals surface area contributed by atoms with Crippen molar-refractivity contribution in [3.05, 3.63) is 41.5 Å². The van der Waals surface area contributed by atoms with Crippen molar-refractivity contribution in [1.29, 1.82) is 0 Å². The van der Waals surface area contributed by atoms with Crippen molar-refractivity contribution in [3.8, 4) is 0 Å². The van der Waals surface area contributed by atoms with Crippen molar-refractivity contribution in [2.45, 2.75) is 83.6 Å². The Morgan fingerprint density at radius 2 is 1.83 bits per heavy atom. The predicted octanol–water partition coefficient (Wildman–Crippen LogP) is 5.55. The quantitative estimate of drug-likeness (QED) is 0.724. The van der Waals surface area contributed by atoms with Crippen LogP contribution in [0.25, 0.3) is 5.57 Å². The summed E-state index contributed by atoms with van der Waals surface area (Å²) >= 11 is 0. The minimum Gasteiger partial charge on any atom is -0.349 e. The molecule has 3 aliphatic rings. The Balaban J connectivity index is 0.00000256. The van der Waals surface area contributed by atoms with Gasteiger partial charge in [0.1, 0.15) is 0 Å². The molecule has 1 N–H and O–H groups in total. The molecule has 29 heavy (non-hydrogen) atoms. The van der Waals surface area contributed by atoms with E-state index in [9.17, 15) is 4.79 Å². The third-order valence-corrected chi connectivity index (χ3v) is 7.29. The molecule has 1 aliphatic heterocycles. The maximum Gasteiger partial charge on any atom is 0.251 e. The molecule has 1 spiro atoms. The molecule has 1 saturated carbocycles. The van der Waals surface area contributed by atoms with Gasteiger partial charge in [0.25, 0.3) is 5.91 Å². The summed E-state index contributed by atoms with van der Waals surface area (Å²) in [6, 6.07) is 9.00. The van der Waals surface area contributed by atoms with Crippen molar-refractivity contribution in [2.24, 2.45) is 5.41 Å². The number of nitrogens with zero attached hydrogens (tertiary/aromatic N) is 1. The number of likely N-dealkylation sites (tertiary alicyclic amines) is 1. The van der Waals surface area contributed by atoms with Crippen LogP contribution in [-0.2, 0) is 10.2 Å². The molecule has 0 unspecified atom stereocenters. The van der Waals surface area contributed by atoms with E-state index in [0.29, 0.717) is 11.5 Å². The zero-order valence-electron chi connectivity index (χ0n) is 18.6. The number of carbonyl (C=O) groups is 1. The van der Waals surface area contributed by atoms with Crippen LogP contribution in [0.5, 0.6) is 0 Å². The zero-order chi connectivity index (χ0) is 20.5. The highest BCUT2D eigenvalue weighted by Crippen LogP contribution is 2.47. The molecular formula is C26H40N2O. The first-order valence-corrected chi connectivity index (χ1v) is 11.7. The normalized spacial score (nSPS) is 22.4. The largest absolute Gasteiger partial charge is 0.349 e. The van der Waals surface area contributed by atoms with Crippen LogP contribution in [0.15, 0.2) is 30.3 Å². The Labute approximate surface area is 178 Å². The maximum absolute atomic E-state index is 13.2. The van der Waals surface area contributed by atoms with Gasteiger partial charge in [0, 0.05) is 18.5 Å². The fourth-order valence-corrected chi connectivity index (χ4v) is 5.36. The van der Waals surface area contributed by atoms with E-state index in [4.69, 9.17) is 0 Å². The number of hydrogen-bond donors (Lipinski definition) is 1. The van der Waals surface area contributed by atoms with E-state index >= 15 is 0 Å². The SMILES string of the molecule is CC(C)(C)CCN1CCC2(C=C(C(=O)NC3CCCCC3)c3ccccc32)CC1.[HH]. The summed E-state index contributed by atoms with van der Waals surface area (Å²) in [4.78, 5) is 15.8. The highest BCUT2D eigenvalue weighted by molar-refractivity contribution is 6.21. The fraction of sp³-hybridized carbons (Fsp3) is 0.654. The number of nitrogens with one attached hydrogen (secondary N) is 1. The van der Waals surface area contributed by atoms with Crippen LogP contribution < -0.4 is 5.32 Å². The third-order valence-electron chi connectivity index (χ3n) is 7.29. The Bertz CT molecular complexity index is 765. The molecule has 1 aromatic rings. The standard InChI is InChI=1S/C26H38N2O.H2/c1-25(2,3)13-16-28-17-14-26(15-18-28)19-22(21-11-7-8-12-23(21)26)24(29)27-20-9-5-4-6-10-20;/h7-8,11-12,19-20H,4-6,9-10,13-18H2,1-3H3,(H,27,29);1H. The summed E-state index contributed by atoms with van der Waals surface area (Å²) in [5.41, 5.74) is 3.91. The topological polar surface area (TPSA) is 32.3 Å². The lowest BCUT2D eigenvalue weighted by Crippen LogP contribution is -2.42. The van der Waals surface area contributed by atoms with Crippen LogP contribution in [0.4, 0.5) is 0 Å². The Kier molecular flexibility index (Phi) is 5.88. The van der Waals surface area contributed by atoms with E-state index < -0.39 is 0 Å². The van der Waals surface area contributed by atoms with Gasteiger partial charge in [-0.3, -0.25) is 4.79 Å². The molecule has 3 heteroatoms. The van der Waals surface area contributed by atoms with Crippen molar-refractivity contribution >= 4 is 11.5 Å². The first kappa shape index (κ1) is 20.7. The average molecular weight is 397 g/mol. The number of hydrogen-bond acceptors (Lipinski definition) is 2. The monoisotopic (exact) mass is 396 g/mol. The van der Waals surface area contributed by atoms with E-state index in [1.54, 1.807) is 0 Å². The van der Waals surface area contributed by atoms with E-state index in [1.807, 2.05) is 0 Å². The first-order chi connectivity index (χ1) is 13.9. The summed E-state index contributed by atoms with van der Waals surface area (Å²) in [7, 11) is 0. The van der Waals surface area contributed by atoms with Crippen LogP contribution in [0.3, 0.4) is 0 Å². The number of allylic oxidation sites excluding steroid dienone is 1. The number of rotatable bonds is 4. The number of piperidine rings is 1. The van der Waals surface area contributed by atoms with Crippen LogP contribution in [-0.4, -0.2) is 36.5 Å². The number of benzene rings is 1. The maximum atomic E-state index is 13.2. The summed E-state index contributed by atoms with van der Waals surface area (Å²) < 4.78 is 0. The summed E-state index contributed by atoms with van der Waals surface area (Å²) in [5.74, 6) is 0.149. The third kappa shape index (κ3) is 4.60.